The van der Waals surface area contributed by atoms with Crippen LogP contribution in [0.25, 0.3) is 20.4 Å². The van der Waals surface area contributed by atoms with Gasteiger partial charge in [0.2, 0.25) is 0 Å². The van der Waals surface area contributed by atoms with Crippen molar-refractivity contribution in [3.8, 4) is 0 Å². The molecule has 0 fully saturated rings. The van der Waals surface area contributed by atoms with Crippen LogP contribution in [0.1, 0.15) is 5.56 Å². The lowest BCUT2D eigenvalue weighted by atomic mass is 10.2. The number of fused-ring (bicyclic) bond motifs is 3. The monoisotopic (exact) mass is 436 g/mol. The summed E-state index contributed by atoms with van der Waals surface area (Å²) < 4.78 is 32.2. The molecule has 0 amide bonds. The molecule has 4 aromatic rings. The Morgan fingerprint density at radius 3 is 2.41 bits per heavy atom. The molecule has 0 radical (unpaired) electrons. The maximum Gasteiger partial charge on any atom is 0.303 e. The lowest BCUT2D eigenvalue weighted by Gasteiger charge is -2.17. The minimum Gasteiger partial charge on any atom is -0.246 e. The molecule has 1 N–H and O–H groups in total. The number of hydrogen-bond donors (Lipinski definition) is 1. The Morgan fingerprint density at radius 2 is 1.70 bits per heavy atom. The first-order valence-electron chi connectivity index (χ1n) is 7.98. The molecular weight excluding hydrogens is 420 g/mol. The molecule has 140 valence electrons. The molecule has 0 saturated carbocycles. The van der Waals surface area contributed by atoms with Crippen molar-refractivity contribution >= 4 is 70.2 Å². The Bertz CT molecular complexity index is 1200. The van der Waals surface area contributed by atoms with Crippen molar-refractivity contribution in [1.29, 1.82) is 0 Å². The summed E-state index contributed by atoms with van der Waals surface area (Å²) in [5, 5.41) is 0.358. The van der Waals surface area contributed by atoms with Crippen LogP contribution in [-0.4, -0.2) is 36.0 Å². The molecule has 2 aromatic heterocycles. The van der Waals surface area contributed by atoms with E-state index >= 15 is 0 Å². The predicted molar refractivity (Wildman–Crippen MR) is 115 cm³/mol. The smallest absolute Gasteiger partial charge is 0.246 e. The first-order valence-corrected chi connectivity index (χ1v) is 12.3. The molecule has 0 aliphatic rings. The Labute approximate surface area is 169 Å². The number of nitrogens with zero attached hydrogens (tertiary/aromatic N) is 3. The molecule has 0 saturated heterocycles. The van der Waals surface area contributed by atoms with Crippen LogP contribution in [0.2, 0.25) is 0 Å². The van der Waals surface area contributed by atoms with Crippen LogP contribution >= 0.6 is 34.4 Å². The molecule has 0 atom stereocenters. The van der Waals surface area contributed by atoms with Crippen molar-refractivity contribution in [3.63, 3.8) is 0 Å². The highest BCUT2D eigenvalue weighted by molar-refractivity contribution is 8.00. The summed E-state index contributed by atoms with van der Waals surface area (Å²) in [5.74, 6) is 0. The van der Waals surface area contributed by atoms with Gasteiger partial charge in [0.25, 0.3) is 0 Å². The maximum absolute atomic E-state index is 12.7. The largest absolute Gasteiger partial charge is 0.303 e. The molecule has 2 aromatic carbocycles. The zero-order valence-electron chi connectivity index (χ0n) is 14.5. The van der Waals surface area contributed by atoms with Crippen molar-refractivity contribution in [2.75, 3.05) is 18.0 Å². The molecule has 27 heavy (non-hydrogen) atoms. The molecule has 10 heteroatoms. The third-order valence-corrected chi connectivity index (χ3v) is 8.68. The fourth-order valence-electron chi connectivity index (χ4n) is 2.60. The number of hydrogen-bond acceptors (Lipinski definition) is 7. The third-order valence-electron chi connectivity index (χ3n) is 3.94. The number of anilines is 1. The first kappa shape index (κ1) is 18.6. The summed E-state index contributed by atoms with van der Waals surface area (Å²) in [4.78, 5) is 9.00. The van der Waals surface area contributed by atoms with Gasteiger partial charge in [0, 0.05) is 13.6 Å². The minimum atomic E-state index is -3.70. The molecule has 2 heterocycles. The Hall–Kier alpha value is -1.72. The highest BCUT2D eigenvalue weighted by Crippen LogP contribution is 2.38. The van der Waals surface area contributed by atoms with Gasteiger partial charge in [-0.25, -0.2) is 14.7 Å². The van der Waals surface area contributed by atoms with Crippen LogP contribution in [0.3, 0.4) is 0 Å². The molecule has 0 spiro atoms. The van der Waals surface area contributed by atoms with Gasteiger partial charge in [-0.15, -0.1) is 11.3 Å². The van der Waals surface area contributed by atoms with E-state index in [2.05, 4.69) is 14.7 Å². The zero-order chi connectivity index (χ0) is 19.0. The normalized spacial score (nSPS) is 12.3. The van der Waals surface area contributed by atoms with E-state index in [1.807, 2.05) is 48.7 Å². The molecule has 0 aliphatic carbocycles. The van der Waals surface area contributed by atoms with Crippen molar-refractivity contribution in [2.24, 2.45) is 0 Å². The van der Waals surface area contributed by atoms with E-state index in [-0.39, 0.29) is 6.54 Å². The van der Waals surface area contributed by atoms with E-state index < -0.39 is 10.2 Å². The number of benzene rings is 2. The lowest BCUT2D eigenvalue weighted by molar-refractivity contribution is 0.471. The molecule has 0 aliphatic heterocycles. The second-order valence-corrected chi connectivity index (χ2v) is 10.6. The fraction of sp³-hybridized carbons (Fsp3) is 0.176. The number of aromatic nitrogens is 2. The van der Waals surface area contributed by atoms with Gasteiger partial charge in [0.15, 0.2) is 9.47 Å². The summed E-state index contributed by atoms with van der Waals surface area (Å²) in [6, 6.07) is 13.3. The fourth-order valence-corrected chi connectivity index (χ4v) is 6.33. The van der Waals surface area contributed by atoms with Crippen LogP contribution in [0, 0.1) is 0 Å². The molecular formula is C17H16N4O2S4. The average Bonchev–Trinajstić information content (AvgIpc) is 3.24. The standard InChI is InChI=1S/C17H16N4O2S4/c1-21(10-11-6-4-3-5-7-11)27(22,23)20-16-18-12-8-9-13-15(14(12)25-16)26-17(19-13)24-2/h3-9H,10H2,1-2H3,(H,18,20). The van der Waals surface area contributed by atoms with Gasteiger partial charge in [-0.05, 0) is 24.0 Å². The van der Waals surface area contributed by atoms with Gasteiger partial charge >= 0.3 is 10.2 Å². The SMILES string of the molecule is CSc1nc2ccc3nc(NS(=O)(=O)N(C)Cc4ccccc4)sc3c2s1. The van der Waals surface area contributed by atoms with E-state index in [1.165, 1.54) is 15.6 Å². The zero-order valence-corrected chi connectivity index (χ0v) is 17.8. The van der Waals surface area contributed by atoms with Crippen molar-refractivity contribution in [3.05, 3.63) is 48.0 Å². The van der Waals surface area contributed by atoms with E-state index in [0.717, 1.165) is 30.3 Å². The number of nitrogens with one attached hydrogen (secondary N) is 1. The molecule has 4 rings (SSSR count). The summed E-state index contributed by atoms with van der Waals surface area (Å²) in [5.41, 5.74) is 2.61. The van der Waals surface area contributed by atoms with Crippen molar-refractivity contribution in [2.45, 2.75) is 10.9 Å². The van der Waals surface area contributed by atoms with Gasteiger partial charge in [0.05, 0.1) is 20.4 Å². The number of thiazole rings is 2. The summed E-state index contributed by atoms with van der Waals surface area (Å²) in [6.45, 7) is 0.289. The Balaban J connectivity index is 1.62. The Morgan fingerprint density at radius 1 is 1.04 bits per heavy atom. The average molecular weight is 437 g/mol. The van der Waals surface area contributed by atoms with Crippen LogP contribution in [0.15, 0.2) is 46.8 Å². The van der Waals surface area contributed by atoms with Gasteiger partial charge in [-0.1, -0.05) is 53.4 Å². The van der Waals surface area contributed by atoms with Crippen LogP contribution in [0.4, 0.5) is 5.13 Å². The topological polar surface area (TPSA) is 75.2 Å². The maximum atomic E-state index is 12.7. The van der Waals surface area contributed by atoms with Gasteiger partial charge < -0.3 is 0 Å². The van der Waals surface area contributed by atoms with Crippen molar-refractivity contribution < 1.29 is 8.42 Å². The second-order valence-electron chi connectivity index (χ2n) is 5.81. The third kappa shape index (κ3) is 3.81. The molecule has 0 unspecified atom stereocenters. The van der Waals surface area contributed by atoms with E-state index in [9.17, 15) is 8.42 Å². The van der Waals surface area contributed by atoms with Gasteiger partial charge in [0.1, 0.15) is 0 Å². The van der Waals surface area contributed by atoms with Crippen molar-refractivity contribution in [1.82, 2.24) is 14.3 Å². The highest BCUT2D eigenvalue weighted by atomic mass is 32.2. The van der Waals surface area contributed by atoms with E-state index in [4.69, 9.17) is 0 Å². The summed E-state index contributed by atoms with van der Waals surface area (Å²) in [7, 11) is -2.15. The molecule has 6 nitrogen and oxygen atoms in total. The van der Waals surface area contributed by atoms with Crippen LogP contribution < -0.4 is 4.72 Å². The number of rotatable bonds is 6. The van der Waals surface area contributed by atoms with Crippen LogP contribution in [-0.2, 0) is 16.8 Å². The molecule has 0 bridgehead atoms. The van der Waals surface area contributed by atoms with Crippen LogP contribution in [0.5, 0.6) is 0 Å². The quantitative estimate of drug-likeness (QED) is 0.453. The lowest BCUT2D eigenvalue weighted by Crippen LogP contribution is -2.32. The van der Waals surface area contributed by atoms with E-state index in [0.29, 0.717) is 5.13 Å². The van der Waals surface area contributed by atoms with Gasteiger partial charge in [-0.3, -0.25) is 0 Å². The summed E-state index contributed by atoms with van der Waals surface area (Å²) >= 11 is 4.53. The minimum absolute atomic E-state index is 0.289. The highest BCUT2D eigenvalue weighted by Gasteiger charge is 2.20. The number of thioether (sulfide) groups is 1. The second kappa shape index (κ2) is 7.36. The Kier molecular flexibility index (Phi) is 5.08. The predicted octanol–water partition coefficient (Wildman–Crippen LogP) is 4.42. The van der Waals surface area contributed by atoms with E-state index in [1.54, 1.807) is 30.1 Å². The van der Waals surface area contributed by atoms with Gasteiger partial charge in [-0.2, -0.15) is 12.7 Å². The first-order chi connectivity index (χ1) is 13.0. The summed E-state index contributed by atoms with van der Waals surface area (Å²) in [6.07, 6.45) is 1.99.